The first-order valence-corrected chi connectivity index (χ1v) is 9.39. The Morgan fingerprint density at radius 2 is 1.88 bits per heavy atom. The van der Waals surface area contributed by atoms with Gasteiger partial charge in [-0.1, -0.05) is 18.6 Å². The number of hydrogen-bond donors (Lipinski definition) is 3. The number of methoxy groups -OCH3 is 1. The van der Waals surface area contributed by atoms with Crippen LogP contribution in [0.25, 0.3) is 0 Å². The first-order chi connectivity index (χ1) is 12.7. The van der Waals surface area contributed by atoms with Crippen LogP contribution < -0.4 is 16.0 Å². The molecule has 1 fully saturated rings. The van der Waals surface area contributed by atoms with E-state index in [1.165, 1.54) is 39.5 Å². The number of benzene rings is 1. The summed E-state index contributed by atoms with van der Waals surface area (Å²) in [7, 11) is 1.35. The number of rotatable bonds is 7. The van der Waals surface area contributed by atoms with Crippen molar-refractivity contribution in [2.45, 2.75) is 32.7 Å². The first-order valence-electron chi connectivity index (χ1n) is 9.39. The van der Waals surface area contributed by atoms with Gasteiger partial charge < -0.3 is 20.3 Å². The van der Waals surface area contributed by atoms with Gasteiger partial charge in [-0.2, -0.15) is 0 Å². The van der Waals surface area contributed by atoms with E-state index in [1.54, 1.807) is 0 Å². The summed E-state index contributed by atoms with van der Waals surface area (Å²) in [5.74, 6) is 0.835. The lowest BCUT2D eigenvalue weighted by atomic mass is 10.1. The van der Waals surface area contributed by atoms with Crippen LogP contribution in [-0.4, -0.2) is 56.8 Å². The minimum atomic E-state index is -0.469. The number of nitrogens with one attached hydrogen (secondary N) is 3. The smallest absolute Gasteiger partial charge is 0.411 e. The number of amides is 1. The third kappa shape index (κ3) is 7.31. The molecule has 0 aromatic heterocycles. The van der Waals surface area contributed by atoms with Crippen molar-refractivity contribution >= 4 is 17.7 Å². The van der Waals surface area contributed by atoms with Gasteiger partial charge in [0.15, 0.2) is 5.96 Å². The van der Waals surface area contributed by atoms with Gasteiger partial charge in [0.25, 0.3) is 0 Å². The minimum Gasteiger partial charge on any atom is -0.453 e. The standard InChI is InChI=1S/C19H31N5O2/c1-3-20-18(21-11-14-24-12-5-4-6-13-24)22-15-16-7-9-17(10-8-16)23-19(25)26-2/h7-10H,3-6,11-15H2,1-2H3,(H,23,25)(H2,20,21,22). The summed E-state index contributed by atoms with van der Waals surface area (Å²) in [5.41, 5.74) is 1.78. The van der Waals surface area contributed by atoms with E-state index in [-0.39, 0.29) is 0 Å². The van der Waals surface area contributed by atoms with Crippen LogP contribution in [0.1, 0.15) is 31.7 Å². The van der Waals surface area contributed by atoms with E-state index in [4.69, 9.17) is 0 Å². The molecule has 1 aliphatic rings. The summed E-state index contributed by atoms with van der Waals surface area (Å²) >= 11 is 0. The lowest BCUT2D eigenvalue weighted by Gasteiger charge is -2.26. The molecule has 26 heavy (non-hydrogen) atoms. The van der Waals surface area contributed by atoms with Crippen molar-refractivity contribution in [1.29, 1.82) is 0 Å². The van der Waals surface area contributed by atoms with E-state index in [0.717, 1.165) is 31.2 Å². The van der Waals surface area contributed by atoms with Gasteiger partial charge in [-0.3, -0.25) is 5.32 Å². The van der Waals surface area contributed by atoms with E-state index >= 15 is 0 Å². The Morgan fingerprint density at radius 1 is 1.15 bits per heavy atom. The topological polar surface area (TPSA) is 78.0 Å². The maximum atomic E-state index is 11.2. The van der Waals surface area contributed by atoms with E-state index in [2.05, 4.69) is 37.5 Å². The fourth-order valence-corrected chi connectivity index (χ4v) is 2.89. The van der Waals surface area contributed by atoms with Crippen LogP contribution >= 0.6 is 0 Å². The molecule has 0 aliphatic carbocycles. The van der Waals surface area contributed by atoms with Crippen LogP contribution in [0.5, 0.6) is 0 Å². The third-order valence-corrected chi connectivity index (χ3v) is 4.32. The molecular weight excluding hydrogens is 330 g/mol. The number of ether oxygens (including phenoxy) is 1. The molecule has 7 heteroatoms. The number of anilines is 1. The molecule has 1 aromatic carbocycles. The number of carbonyl (C=O) groups is 1. The Kier molecular flexibility index (Phi) is 8.75. The molecule has 1 aromatic rings. The van der Waals surface area contributed by atoms with Crippen LogP contribution in [0.4, 0.5) is 10.5 Å². The van der Waals surface area contributed by atoms with Crippen molar-refractivity contribution in [3.63, 3.8) is 0 Å². The largest absolute Gasteiger partial charge is 0.453 e. The average Bonchev–Trinajstić information content (AvgIpc) is 2.68. The highest BCUT2D eigenvalue weighted by atomic mass is 16.5. The Bertz CT molecular complexity index is 568. The van der Waals surface area contributed by atoms with Gasteiger partial charge in [0, 0.05) is 25.3 Å². The van der Waals surface area contributed by atoms with E-state index in [1.807, 2.05) is 24.3 Å². The summed E-state index contributed by atoms with van der Waals surface area (Å²) < 4.78 is 4.58. The third-order valence-electron chi connectivity index (χ3n) is 4.32. The molecule has 1 heterocycles. The number of hydrogen-bond acceptors (Lipinski definition) is 4. The van der Waals surface area contributed by atoms with Crippen molar-refractivity contribution < 1.29 is 9.53 Å². The van der Waals surface area contributed by atoms with Crippen molar-refractivity contribution in [2.75, 3.05) is 45.2 Å². The van der Waals surface area contributed by atoms with Gasteiger partial charge in [0.2, 0.25) is 0 Å². The molecule has 0 unspecified atom stereocenters. The second-order valence-corrected chi connectivity index (χ2v) is 6.34. The second-order valence-electron chi connectivity index (χ2n) is 6.34. The zero-order valence-corrected chi connectivity index (χ0v) is 15.9. The van der Waals surface area contributed by atoms with Gasteiger partial charge >= 0.3 is 6.09 Å². The van der Waals surface area contributed by atoms with Crippen LogP contribution in [0.15, 0.2) is 29.3 Å². The first kappa shape index (κ1) is 20.0. The second kappa shape index (κ2) is 11.4. The Balaban J connectivity index is 1.80. The number of carbonyl (C=O) groups excluding carboxylic acids is 1. The van der Waals surface area contributed by atoms with Crippen molar-refractivity contribution in [3.8, 4) is 0 Å². The molecular formula is C19H31N5O2. The zero-order valence-electron chi connectivity index (χ0n) is 15.9. The van der Waals surface area contributed by atoms with Gasteiger partial charge in [-0.15, -0.1) is 0 Å². The predicted octanol–water partition coefficient (Wildman–Crippen LogP) is 2.41. The van der Waals surface area contributed by atoms with E-state index < -0.39 is 6.09 Å². The summed E-state index contributed by atoms with van der Waals surface area (Å²) in [4.78, 5) is 18.3. The normalized spacial score (nSPS) is 15.4. The molecule has 7 nitrogen and oxygen atoms in total. The molecule has 0 spiro atoms. The fraction of sp³-hybridized carbons (Fsp3) is 0.579. The summed E-state index contributed by atoms with van der Waals surface area (Å²) in [6, 6.07) is 7.59. The van der Waals surface area contributed by atoms with Gasteiger partial charge in [0.1, 0.15) is 0 Å². The molecule has 144 valence electrons. The van der Waals surface area contributed by atoms with Crippen LogP contribution in [-0.2, 0) is 11.3 Å². The molecule has 0 radical (unpaired) electrons. The Hall–Kier alpha value is -2.28. The van der Waals surface area contributed by atoms with Crippen LogP contribution in [0, 0.1) is 0 Å². The van der Waals surface area contributed by atoms with Crippen LogP contribution in [0.3, 0.4) is 0 Å². The number of piperidine rings is 1. The van der Waals surface area contributed by atoms with Crippen molar-refractivity contribution in [1.82, 2.24) is 15.5 Å². The molecule has 0 bridgehead atoms. The minimum absolute atomic E-state index is 0.469. The maximum Gasteiger partial charge on any atom is 0.411 e. The Labute approximate surface area is 156 Å². The van der Waals surface area contributed by atoms with Gasteiger partial charge in [0.05, 0.1) is 13.7 Å². The fourth-order valence-electron chi connectivity index (χ4n) is 2.89. The van der Waals surface area contributed by atoms with E-state index in [9.17, 15) is 4.79 Å². The number of nitrogens with zero attached hydrogens (tertiary/aromatic N) is 2. The average molecular weight is 361 g/mol. The molecule has 2 rings (SSSR count). The van der Waals surface area contributed by atoms with Crippen LogP contribution in [0.2, 0.25) is 0 Å². The molecule has 0 atom stereocenters. The summed E-state index contributed by atoms with van der Waals surface area (Å²) in [5, 5.41) is 9.33. The number of guanidine groups is 1. The summed E-state index contributed by atoms with van der Waals surface area (Å²) in [6.45, 7) is 7.85. The van der Waals surface area contributed by atoms with Gasteiger partial charge in [-0.05, 0) is 50.6 Å². The summed E-state index contributed by atoms with van der Waals surface area (Å²) in [6.07, 6.45) is 3.52. The lowest BCUT2D eigenvalue weighted by Crippen LogP contribution is -2.42. The zero-order chi connectivity index (χ0) is 18.6. The Morgan fingerprint density at radius 3 is 2.54 bits per heavy atom. The quantitative estimate of drug-likeness (QED) is 0.513. The highest BCUT2D eigenvalue weighted by Crippen LogP contribution is 2.11. The molecule has 1 amide bonds. The highest BCUT2D eigenvalue weighted by molar-refractivity contribution is 5.84. The maximum absolute atomic E-state index is 11.2. The molecule has 3 N–H and O–H groups in total. The predicted molar refractivity (Wildman–Crippen MR) is 106 cm³/mol. The van der Waals surface area contributed by atoms with Crippen molar-refractivity contribution in [2.24, 2.45) is 4.99 Å². The highest BCUT2D eigenvalue weighted by Gasteiger charge is 2.09. The SMILES string of the molecule is CCNC(=NCc1ccc(NC(=O)OC)cc1)NCCN1CCCCC1. The number of likely N-dealkylation sites (tertiary alicyclic amines) is 1. The van der Waals surface area contributed by atoms with Crippen molar-refractivity contribution in [3.05, 3.63) is 29.8 Å². The number of aliphatic imine (C=N–C) groups is 1. The van der Waals surface area contributed by atoms with Gasteiger partial charge in [-0.25, -0.2) is 9.79 Å². The molecule has 1 aliphatic heterocycles. The lowest BCUT2D eigenvalue weighted by molar-refractivity contribution is 0.187. The van der Waals surface area contributed by atoms with E-state index in [0.29, 0.717) is 12.2 Å². The monoisotopic (exact) mass is 361 g/mol. The molecule has 0 saturated carbocycles. The molecule has 1 saturated heterocycles.